The molecule has 0 aliphatic carbocycles. The van der Waals surface area contributed by atoms with Crippen LogP contribution in [0.4, 0.5) is 0 Å². The van der Waals surface area contributed by atoms with Crippen LogP contribution >= 0.6 is 0 Å². The summed E-state index contributed by atoms with van der Waals surface area (Å²) in [5.41, 5.74) is 0. The maximum Gasteiger partial charge on any atom is 0.306 e. The Bertz CT molecular complexity index is 1000. The van der Waals surface area contributed by atoms with Crippen LogP contribution in [0.25, 0.3) is 0 Å². The van der Waals surface area contributed by atoms with Gasteiger partial charge in [-0.05, 0) is 43.4 Å². The van der Waals surface area contributed by atoms with Crippen LogP contribution in [0.2, 0.25) is 0 Å². The molecule has 0 aromatic heterocycles. The largest absolute Gasteiger partial charge is 0.481 e. The molecule has 0 aliphatic heterocycles. The van der Waals surface area contributed by atoms with Crippen LogP contribution in [-0.4, -0.2) is 93.2 Å². The van der Waals surface area contributed by atoms with Crippen molar-refractivity contribution in [3.63, 3.8) is 0 Å². The van der Waals surface area contributed by atoms with Gasteiger partial charge in [0.15, 0.2) is 0 Å². The molecule has 14 nitrogen and oxygen atoms in total. The third-order valence-corrected chi connectivity index (χ3v) is 7.14. The van der Waals surface area contributed by atoms with Crippen molar-refractivity contribution in [2.24, 2.45) is 23.7 Å². The number of carboxylic acid groups (broad SMARTS) is 1. The van der Waals surface area contributed by atoms with Gasteiger partial charge in [-0.1, -0.05) is 55.4 Å². The van der Waals surface area contributed by atoms with Crippen LogP contribution in [0.5, 0.6) is 0 Å². The van der Waals surface area contributed by atoms with Crippen LogP contribution in [-0.2, 0) is 28.8 Å². The minimum Gasteiger partial charge on any atom is -0.481 e. The zero-order valence-electron chi connectivity index (χ0n) is 28.5. The molecule has 0 aromatic rings. The second kappa shape index (κ2) is 20.0. The highest BCUT2D eigenvalue weighted by Crippen LogP contribution is 2.14. The highest BCUT2D eigenvalue weighted by atomic mass is 16.4. The van der Waals surface area contributed by atoms with Gasteiger partial charge in [-0.25, -0.2) is 0 Å². The van der Waals surface area contributed by atoms with E-state index in [2.05, 4.69) is 26.6 Å². The standard InChI is InChI=1S/C31H57N5O9/c1-15(2)11-21(35-30(44)28(18(7)8)36-31(45)27(17(5)6)33-20(10)37)23(38)13-25(40)32-19(9)29(43)34-22(12-16(3)4)24(39)14-26(41)42/h15-19,21-24,27-28,38-39H,11-14H2,1-10H3,(H,32,40)(H,33,37)(H,34,43)(H,35,44)(H,36,45)(H,41,42)/t19-,21-,22+,23+,24+,27+,28-/m1/s1. The molecule has 0 heterocycles. The van der Waals surface area contributed by atoms with E-state index in [4.69, 9.17) is 5.11 Å². The van der Waals surface area contributed by atoms with Gasteiger partial charge in [-0.3, -0.25) is 28.8 Å². The molecular formula is C31H57N5O9. The van der Waals surface area contributed by atoms with Crippen LogP contribution in [0, 0.1) is 23.7 Å². The topological polar surface area (TPSA) is 223 Å². The number of aliphatic carboxylic acids is 1. The Kier molecular flexibility index (Phi) is 18.5. The number of amides is 5. The summed E-state index contributed by atoms with van der Waals surface area (Å²) in [5.74, 6) is -4.48. The lowest BCUT2D eigenvalue weighted by Crippen LogP contribution is -2.59. The first-order valence-corrected chi connectivity index (χ1v) is 15.7. The molecule has 7 atom stereocenters. The van der Waals surface area contributed by atoms with Crippen molar-refractivity contribution in [1.82, 2.24) is 26.6 Å². The Morgan fingerprint density at radius 2 is 0.956 bits per heavy atom. The molecule has 0 unspecified atom stereocenters. The number of aliphatic hydroxyl groups is 2. The summed E-state index contributed by atoms with van der Waals surface area (Å²) in [6.07, 6.45) is -3.01. The van der Waals surface area contributed by atoms with E-state index in [0.717, 1.165) is 0 Å². The number of rotatable bonds is 20. The Labute approximate surface area is 267 Å². The van der Waals surface area contributed by atoms with Gasteiger partial charge < -0.3 is 41.9 Å². The first kappa shape index (κ1) is 41.7. The van der Waals surface area contributed by atoms with Gasteiger partial charge in [-0.2, -0.15) is 0 Å². The van der Waals surface area contributed by atoms with E-state index < -0.39 is 84.9 Å². The quantitative estimate of drug-likeness (QED) is 0.0920. The average molecular weight is 644 g/mol. The van der Waals surface area contributed by atoms with Crippen LogP contribution < -0.4 is 26.6 Å². The van der Waals surface area contributed by atoms with Crippen molar-refractivity contribution in [1.29, 1.82) is 0 Å². The summed E-state index contributed by atoms with van der Waals surface area (Å²) in [4.78, 5) is 74.6. The number of carbonyl (C=O) groups excluding carboxylic acids is 5. The van der Waals surface area contributed by atoms with Gasteiger partial charge in [0.25, 0.3) is 0 Å². The molecule has 0 bridgehead atoms. The molecule has 0 radical (unpaired) electrons. The van der Waals surface area contributed by atoms with E-state index in [1.54, 1.807) is 27.7 Å². The van der Waals surface area contributed by atoms with Crippen LogP contribution in [0.15, 0.2) is 0 Å². The van der Waals surface area contributed by atoms with E-state index in [0.29, 0.717) is 12.8 Å². The smallest absolute Gasteiger partial charge is 0.306 e. The maximum atomic E-state index is 13.3. The number of hydrogen-bond donors (Lipinski definition) is 8. The third kappa shape index (κ3) is 16.6. The molecule has 0 saturated heterocycles. The minimum atomic E-state index is -1.33. The monoisotopic (exact) mass is 643 g/mol. The summed E-state index contributed by atoms with van der Waals surface area (Å²) in [5, 5.41) is 43.5. The van der Waals surface area contributed by atoms with Gasteiger partial charge in [0.2, 0.25) is 29.5 Å². The molecule has 0 fully saturated rings. The van der Waals surface area contributed by atoms with Crippen LogP contribution in [0.1, 0.15) is 94.9 Å². The zero-order valence-corrected chi connectivity index (χ0v) is 28.5. The first-order chi connectivity index (χ1) is 20.7. The van der Waals surface area contributed by atoms with Gasteiger partial charge in [0.1, 0.15) is 18.1 Å². The summed E-state index contributed by atoms with van der Waals surface area (Å²) in [7, 11) is 0. The molecule has 0 rings (SSSR count). The summed E-state index contributed by atoms with van der Waals surface area (Å²) in [6.45, 7) is 17.2. The fourth-order valence-corrected chi connectivity index (χ4v) is 4.77. The predicted molar refractivity (Wildman–Crippen MR) is 168 cm³/mol. The predicted octanol–water partition coefficient (Wildman–Crippen LogP) is 0.441. The van der Waals surface area contributed by atoms with E-state index in [-0.39, 0.29) is 29.6 Å². The molecule has 45 heavy (non-hydrogen) atoms. The number of aliphatic hydroxyl groups excluding tert-OH is 2. The Hall–Kier alpha value is -3.26. The first-order valence-electron chi connectivity index (χ1n) is 15.7. The number of carboxylic acids is 1. The van der Waals surface area contributed by atoms with Gasteiger partial charge in [-0.15, -0.1) is 0 Å². The third-order valence-electron chi connectivity index (χ3n) is 7.14. The Morgan fingerprint density at radius 1 is 0.556 bits per heavy atom. The van der Waals surface area contributed by atoms with Gasteiger partial charge in [0, 0.05) is 6.92 Å². The summed E-state index contributed by atoms with van der Waals surface area (Å²) >= 11 is 0. The SMILES string of the molecule is CC(=O)N[C@H](C(=O)N[C@@H](C(=O)N[C@H](CC(C)C)[C@@H](O)CC(=O)N[C@H](C)C(=O)N[C@@H](CC(C)C)[C@@H](O)CC(=O)O)C(C)C)C(C)C. The summed E-state index contributed by atoms with van der Waals surface area (Å²) < 4.78 is 0. The molecule has 0 saturated carbocycles. The Morgan fingerprint density at radius 3 is 1.36 bits per heavy atom. The minimum absolute atomic E-state index is 0.0185. The average Bonchev–Trinajstić information content (AvgIpc) is 2.87. The Balaban J connectivity index is 5.54. The van der Waals surface area contributed by atoms with Crippen molar-refractivity contribution in [3.05, 3.63) is 0 Å². The lowest BCUT2D eigenvalue weighted by molar-refractivity contribution is -0.140. The van der Waals surface area contributed by atoms with Crippen molar-refractivity contribution in [2.75, 3.05) is 0 Å². The number of nitrogens with one attached hydrogen (secondary N) is 5. The van der Waals surface area contributed by atoms with Gasteiger partial charge in [0.05, 0.1) is 37.1 Å². The molecule has 260 valence electrons. The molecular weight excluding hydrogens is 586 g/mol. The van der Waals surface area contributed by atoms with Crippen molar-refractivity contribution in [2.45, 2.75) is 137 Å². The molecule has 0 aromatic carbocycles. The fraction of sp³-hybridized carbons (Fsp3) is 0.806. The highest BCUT2D eigenvalue weighted by molar-refractivity contribution is 5.92. The van der Waals surface area contributed by atoms with Crippen molar-refractivity contribution in [3.8, 4) is 0 Å². The number of hydrogen-bond acceptors (Lipinski definition) is 8. The molecule has 14 heteroatoms. The lowest BCUT2D eigenvalue weighted by atomic mass is 9.95. The maximum absolute atomic E-state index is 13.3. The second-order valence-corrected chi connectivity index (χ2v) is 13.4. The second-order valence-electron chi connectivity index (χ2n) is 13.4. The molecule has 0 spiro atoms. The van der Waals surface area contributed by atoms with E-state index in [1.807, 2.05) is 27.7 Å². The van der Waals surface area contributed by atoms with Crippen molar-refractivity contribution < 1.29 is 44.1 Å². The van der Waals surface area contributed by atoms with Gasteiger partial charge >= 0.3 is 5.97 Å². The normalized spacial score (nSPS) is 16.3. The number of carbonyl (C=O) groups is 6. The molecule has 8 N–H and O–H groups in total. The molecule has 5 amide bonds. The van der Waals surface area contributed by atoms with E-state index in [1.165, 1.54) is 13.8 Å². The lowest BCUT2D eigenvalue weighted by Gasteiger charge is -2.31. The fourth-order valence-electron chi connectivity index (χ4n) is 4.77. The summed E-state index contributed by atoms with van der Waals surface area (Å²) in [6, 6.07) is -4.59. The molecule has 0 aliphatic rings. The zero-order chi connectivity index (χ0) is 35.2. The highest BCUT2D eigenvalue weighted by Gasteiger charge is 2.33. The van der Waals surface area contributed by atoms with E-state index in [9.17, 15) is 39.0 Å². The van der Waals surface area contributed by atoms with Crippen LogP contribution in [0.3, 0.4) is 0 Å². The van der Waals surface area contributed by atoms with Crippen molar-refractivity contribution >= 4 is 35.5 Å². The van der Waals surface area contributed by atoms with E-state index >= 15 is 0 Å².